The van der Waals surface area contributed by atoms with Gasteiger partial charge in [0.1, 0.15) is 11.6 Å². The zero-order valence-electron chi connectivity index (χ0n) is 15.9. The second-order valence-electron chi connectivity index (χ2n) is 6.62. The van der Waals surface area contributed by atoms with Gasteiger partial charge in [0.05, 0.1) is 24.9 Å². The first-order valence-corrected chi connectivity index (χ1v) is 9.46. The fourth-order valence-electron chi connectivity index (χ4n) is 3.21. The van der Waals surface area contributed by atoms with E-state index in [2.05, 4.69) is 15.2 Å². The van der Waals surface area contributed by atoms with Crippen molar-refractivity contribution in [2.45, 2.75) is 12.8 Å². The van der Waals surface area contributed by atoms with Crippen LogP contribution in [0.1, 0.15) is 23.2 Å². The molecule has 7 nitrogen and oxygen atoms in total. The van der Waals surface area contributed by atoms with Crippen LogP contribution in [0.3, 0.4) is 0 Å². The molecule has 0 bridgehead atoms. The van der Waals surface area contributed by atoms with Crippen molar-refractivity contribution in [1.29, 1.82) is 0 Å². The van der Waals surface area contributed by atoms with E-state index in [0.29, 0.717) is 27.8 Å². The summed E-state index contributed by atoms with van der Waals surface area (Å²) in [5, 5.41) is 3.22. The Kier molecular flexibility index (Phi) is 6.36. The normalized spacial score (nSPS) is 13.3. The average Bonchev–Trinajstić information content (AvgIpc) is 3.22. The lowest BCUT2D eigenvalue weighted by molar-refractivity contribution is -0.116. The summed E-state index contributed by atoms with van der Waals surface area (Å²) in [5.74, 6) is 0.579. The molecule has 0 aliphatic carbocycles. The second kappa shape index (κ2) is 8.93. The van der Waals surface area contributed by atoms with Crippen LogP contribution >= 0.6 is 11.6 Å². The molecule has 0 saturated carbocycles. The number of rotatable bonds is 6. The predicted molar refractivity (Wildman–Crippen MR) is 109 cm³/mol. The number of halogens is 1. The molecule has 1 aromatic carbocycles. The largest absolute Gasteiger partial charge is 0.495 e. The minimum atomic E-state index is -0.344. The Hall–Kier alpha value is -2.80. The summed E-state index contributed by atoms with van der Waals surface area (Å²) in [4.78, 5) is 33.2. The first-order valence-electron chi connectivity index (χ1n) is 9.08. The Morgan fingerprint density at radius 1 is 1.29 bits per heavy atom. The van der Waals surface area contributed by atoms with E-state index in [0.717, 1.165) is 25.9 Å². The van der Waals surface area contributed by atoms with Crippen molar-refractivity contribution in [3.05, 3.63) is 47.1 Å². The maximum Gasteiger partial charge on any atom is 0.257 e. The number of benzene rings is 1. The Labute approximate surface area is 169 Å². The molecule has 0 atom stereocenters. The summed E-state index contributed by atoms with van der Waals surface area (Å²) in [7, 11) is 3.11. The second-order valence-corrected chi connectivity index (χ2v) is 7.06. The number of nitrogens with one attached hydrogen (secondary N) is 1. The quantitative estimate of drug-likeness (QED) is 0.803. The Balaban J connectivity index is 1.70. The molecule has 148 valence electrons. The Morgan fingerprint density at radius 2 is 2.04 bits per heavy atom. The van der Waals surface area contributed by atoms with Crippen molar-refractivity contribution in [3.63, 3.8) is 0 Å². The van der Waals surface area contributed by atoms with Crippen LogP contribution in [0.5, 0.6) is 5.75 Å². The van der Waals surface area contributed by atoms with E-state index < -0.39 is 0 Å². The minimum Gasteiger partial charge on any atom is -0.495 e. The number of likely N-dealkylation sites (N-methyl/N-ethyl adjacent to an activating group) is 1. The first-order chi connectivity index (χ1) is 13.5. The zero-order chi connectivity index (χ0) is 20.1. The van der Waals surface area contributed by atoms with E-state index in [-0.39, 0.29) is 18.4 Å². The lowest BCUT2D eigenvalue weighted by Crippen LogP contribution is -2.36. The number of aromatic nitrogens is 1. The van der Waals surface area contributed by atoms with Crippen molar-refractivity contribution < 1.29 is 14.3 Å². The number of hydrogen-bond donors (Lipinski definition) is 1. The lowest BCUT2D eigenvalue weighted by atomic mass is 10.2. The predicted octanol–water partition coefficient (Wildman–Crippen LogP) is 3.05. The van der Waals surface area contributed by atoms with E-state index >= 15 is 0 Å². The number of carbonyl (C=O) groups excluding carboxylic acids is 2. The van der Waals surface area contributed by atoms with Crippen LogP contribution in [0, 0.1) is 0 Å². The fraction of sp³-hybridized carbons (Fsp3) is 0.350. The monoisotopic (exact) mass is 402 g/mol. The maximum absolute atomic E-state index is 12.9. The van der Waals surface area contributed by atoms with Gasteiger partial charge in [0, 0.05) is 31.4 Å². The summed E-state index contributed by atoms with van der Waals surface area (Å²) in [6.07, 6.45) is 3.86. The first kappa shape index (κ1) is 19.9. The fourth-order valence-corrected chi connectivity index (χ4v) is 3.38. The third-order valence-corrected chi connectivity index (χ3v) is 4.82. The Bertz CT molecular complexity index is 868. The molecule has 0 unspecified atom stereocenters. The van der Waals surface area contributed by atoms with Gasteiger partial charge in [-0.2, -0.15) is 0 Å². The van der Waals surface area contributed by atoms with Gasteiger partial charge in [0.15, 0.2) is 0 Å². The molecule has 1 N–H and O–H groups in total. The van der Waals surface area contributed by atoms with Crippen LogP contribution in [0.25, 0.3) is 0 Å². The van der Waals surface area contributed by atoms with Crippen LogP contribution in [0.2, 0.25) is 5.02 Å². The minimum absolute atomic E-state index is 0.108. The highest BCUT2D eigenvalue weighted by molar-refractivity contribution is 6.31. The number of hydrogen-bond acceptors (Lipinski definition) is 5. The van der Waals surface area contributed by atoms with Crippen molar-refractivity contribution in [1.82, 2.24) is 9.88 Å². The van der Waals surface area contributed by atoms with Crippen LogP contribution < -0.4 is 15.0 Å². The number of pyridine rings is 1. The molecule has 3 rings (SSSR count). The molecular weight excluding hydrogens is 380 g/mol. The molecule has 1 aliphatic rings. The topological polar surface area (TPSA) is 74.8 Å². The maximum atomic E-state index is 12.9. The highest BCUT2D eigenvalue weighted by Gasteiger charge is 2.23. The van der Waals surface area contributed by atoms with Gasteiger partial charge in [-0.25, -0.2) is 4.98 Å². The van der Waals surface area contributed by atoms with E-state index in [4.69, 9.17) is 16.3 Å². The van der Waals surface area contributed by atoms with Crippen molar-refractivity contribution in [3.8, 4) is 5.75 Å². The van der Waals surface area contributed by atoms with Crippen LogP contribution in [0.4, 0.5) is 11.5 Å². The average molecular weight is 403 g/mol. The third-order valence-electron chi connectivity index (χ3n) is 4.59. The number of methoxy groups -OCH3 is 1. The molecule has 1 saturated heterocycles. The van der Waals surface area contributed by atoms with Crippen LogP contribution in [-0.2, 0) is 4.79 Å². The van der Waals surface area contributed by atoms with Gasteiger partial charge in [-0.15, -0.1) is 0 Å². The summed E-state index contributed by atoms with van der Waals surface area (Å²) < 4.78 is 5.23. The highest BCUT2D eigenvalue weighted by Crippen LogP contribution is 2.28. The zero-order valence-corrected chi connectivity index (χ0v) is 16.7. The van der Waals surface area contributed by atoms with Crippen molar-refractivity contribution >= 4 is 34.9 Å². The number of nitrogens with zero attached hydrogens (tertiary/aromatic N) is 3. The third kappa shape index (κ3) is 4.54. The van der Waals surface area contributed by atoms with Crippen LogP contribution in [0.15, 0.2) is 36.5 Å². The Morgan fingerprint density at radius 3 is 2.75 bits per heavy atom. The summed E-state index contributed by atoms with van der Waals surface area (Å²) in [6, 6.07) is 8.43. The van der Waals surface area contributed by atoms with Gasteiger partial charge < -0.3 is 19.9 Å². The standard InChI is InChI=1S/C20H23ClN4O3/c1-24(13-18(26)23-16-12-14(21)7-8-17(16)28-2)20(27)15-6-5-9-22-19(15)25-10-3-4-11-25/h5-9,12H,3-4,10-11,13H2,1-2H3,(H,23,26). The molecule has 2 aromatic rings. The lowest BCUT2D eigenvalue weighted by Gasteiger charge is -2.22. The van der Waals surface area contributed by atoms with Crippen molar-refractivity contribution in [2.75, 3.05) is 44.0 Å². The molecule has 2 heterocycles. The molecule has 0 spiro atoms. The molecular formula is C20H23ClN4O3. The SMILES string of the molecule is COc1ccc(Cl)cc1NC(=O)CN(C)C(=O)c1cccnc1N1CCCC1. The van der Waals surface area contributed by atoms with Crippen LogP contribution in [-0.4, -0.2) is 55.5 Å². The van der Waals surface area contributed by atoms with E-state index in [1.807, 2.05) is 0 Å². The molecule has 28 heavy (non-hydrogen) atoms. The number of anilines is 2. The van der Waals surface area contributed by atoms with Gasteiger partial charge in [-0.3, -0.25) is 9.59 Å². The molecule has 1 aliphatic heterocycles. The number of carbonyl (C=O) groups is 2. The van der Waals surface area contributed by atoms with E-state index in [9.17, 15) is 9.59 Å². The van der Waals surface area contributed by atoms with Crippen molar-refractivity contribution in [2.24, 2.45) is 0 Å². The summed E-state index contributed by atoms with van der Waals surface area (Å²) in [6.45, 7) is 1.66. The number of amides is 2. The molecule has 1 aromatic heterocycles. The smallest absolute Gasteiger partial charge is 0.257 e. The van der Waals surface area contributed by atoms with Gasteiger partial charge in [-0.1, -0.05) is 11.6 Å². The van der Waals surface area contributed by atoms with Gasteiger partial charge in [0.2, 0.25) is 5.91 Å². The van der Waals surface area contributed by atoms with E-state index in [1.54, 1.807) is 43.6 Å². The van der Waals surface area contributed by atoms with Gasteiger partial charge in [-0.05, 0) is 43.2 Å². The summed E-state index contributed by atoms with van der Waals surface area (Å²) >= 11 is 5.99. The number of ether oxygens (including phenoxy) is 1. The van der Waals surface area contributed by atoms with Gasteiger partial charge >= 0.3 is 0 Å². The molecule has 0 radical (unpaired) electrons. The highest BCUT2D eigenvalue weighted by atomic mass is 35.5. The van der Waals surface area contributed by atoms with E-state index in [1.165, 1.54) is 12.0 Å². The summed E-state index contributed by atoms with van der Waals surface area (Å²) in [5.41, 5.74) is 0.958. The molecule has 2 amide bonds. The molecule has 8 heteroatoms. The molecule has 1 fully saturated rings. The van der Waals surface area contributed by atoms with Gasteiger partial charge in [0.25, 0.3) is 5.91 Å².